The van der Waals surface area contributed by atoms with Crippen LogP contribution < -0.4 is 15.7 Å². The van der Waals surface area contributed by atoms with Crippen LogP contribution in [0.1, 0.15) is 10.4 Å². The van der Waals surface area contributed by atoms with Gasteiger partial charge in [0.25, 0.3) is 5.91 Å². The first kappa shape index (κ1) is 18.4. The van der Waals surface area contributed by atoms with Gasteiger partial charge in [0, 0.05) is 47.7 Å². The van der Waals surface area contributed by atoms with Crippen LogP contribution in [0.25, 0.3) is 16.9 Å². The molecule has 3 heterocycles. The van der Waals surface area contributed by atoms with Gasteiger partial charge in [-0.15, -0.1) is 0 Å². The van der Waals surface area contributed by atoms with E-state index in [0.29, 0.717) is 33.9 Å². The molecule has 5 rings (SSSR count). The molecule has 0 aliphatic rings. The van der Waals surface area contributed by atoms with Gasteiger partial charge in [-0.2, -0.15) is 0 Å². The van der Waals surface area contributed by atoms with Crippen LogP contribution in [0.2, 0.25) is 0 Å². The van der Waals surface area contributed by atoms with Gasteiger partial charge in [0.15, 0.2) is 11.4 Å². The number of ether oxygens (including phenoxy) is 1. The van der Waals surface area contributed by atoms with Gasteiger partial charge in [-0.1, -0.05) is 12.1 Å². The van der Waals surface area contributed by atoms with Crippen molar-refractivity contribution in [2.75, 3.05) is 5.32 Å². The topological polar surface area (TPSA) is 118 Å². The number of benzene rings is 2. The van der Waals surface area contributed by atoms with Crippen molar-refractivity contribution in [3.05, 3.63) is 95.6 Å². The summed E-state index contributed by atoms with van der Waals surface area (Å²) in [6, 6.07) is 15.9. The number of nitrogens with zero attached hydrogens (tertiary/aromatic N) is 3. The van der Waals surface area contributed by atoms with Gasteiger partial charge in [0.05, 0.1) is 6.33 Å². The van der Waals surface area contributed by atoms with Crippen molar-refractivity contribution in [3.8, 4) is 17.2 Å². The van der Waals surface area contributed by atoms with Crippen molar-refractivity contribution >= 4 is 22.8 Å². The number of imidazole rings is 2. The predicted molar refractivity (Wildman–Crippen MR) is 115 cm³/mol. The second-order valence-corrected chi connectivity index (χ2v) is 6.72. The zero-order valence-electron chi connectivity index (χ0n) is 16.1. The fourth-order valence-electron chi connectivity index (χ4n) is 3.18. The zero-order valence-corrected chi connectivity index (χ0v) is 16.1. The third-order valence-electron chi connectivity index (χ3n) is 4.61. The number of nitrogens with one attached hydrogen (secondary N) is 3. The van der Waals surface area contributed by atoms with Gasteiger partial charge in [-0.25, -0.2) is 14.8 Å². The fourth-order valence-corrected chi connectivity index (χ4v) is 3.18. The van der Waals surface area contributed by atoms with Crippen molar-refractivity contribution in [2.24, 2.45) is 0 Å². The lowest BCUT2D eigenvalue weighted by Crippen LogP contribution is -2.12. The molecule has 5 aromatic rings. The van der Waals surface area contributed by atoms with Crippen molar-refractivity contribution in [1.82, 2.24) is 24.5 Å². The molecule has 3 N–H and O–H groups in total. The van der Waals surface area contributed by atoms with Crippen LogP contribution in [0.4, 0.5) is 5.69 Å². The van der Waals surface area contributed by atoms with Crippen LogP contribution in [0, 0.1) is 0 Å². The summed E-state index contributed by atoms with van der Waals surface area (Å²) in [6.45, 7) is 0. The predicted octanol–water partition coefficient (Wildman–Crippen LogP) is 3.48. The number of H-pyrrole nitrogens is 2. The molecule has 152 valence electrons. The number of amides is 1. The van der Waals surface area contributed by atoms with Crippen molar-refractivity contribution in [2.45, 2.75) is 0 Å². The number of aromatic amines is 2. The molecule has 0 fully saturated rings. The number of hydrogen-bond acceptors (Lipinski definition) is 5. The number of fused-ring (bicyclic) bond motifs is 1. The van der Waals surface area contributed by atoms with Gasteiger partial charge < -0.3 is 19.6 Å². The number of rotatable bonds is 5. The SMILES string of the molecule is O=C(Nc1cccc(Oc2ccnc3[nH]c(=O)[nH]c23)c1)c1cccc(-n2ccnc2)c1. The molecule has 0 saturated heterocycles. The Labute approximate surface area is 175 Å². The molecule has 3 aromatic heterocycles. The highest BCUT2D eigenvalue weighted by Crippen LogP contribution is 2.28. The Hall–Kier alpha value is -4.66. The maximum absolute atomic E-state index is 12.8. The summed E-state index contributed by atoms with van der Waals surface area (Å²) in [7, 11) is 0. The van der Waals surface area contributed by atoms with Crippen molar-refractivity contribution < 1.29 is 9.53 Å². The lowest BCUT2D eigenvalue weighted by molar-refractivity contribution is 0.102. The van der Waals surface area contributed by atoms with E-state index in [-0.39, 0.29) is 11.6 Å². The minimum atomic E-state index is -0.363. The molecule has 9 heteroatoms. The minimum absolute atomic E-state index is 0.250. The second kappa shape index (κ2) is 7.64. The van der Waals surface area contributed by atoms with Gasteiger partial charge in [0.2, 0.25) is 0 Å². The molecule has 1 amide bonds. The summed E-state index contributed by atoms with van der Waals surface area (Å²) in [5, 5.41) is 2.88. The van der Waals surface area contributed by atoms with E-state index in [9.17, 15) is 9.59 Å². The Balaban J connectivity index is 1.36. The van der Waals surface area contributed by atoms with E-state index in [2.05, 4.69) is 25.3 Å². The van der Waals surface area contributed by atoms with Gasteiger partial charge in [0.1, 0.15) is 11.3 Å². The highest BCUT2D eigenvalue weighted by atomic mass is 16.5. The van der Waals surface area contributed by atoms with Gasteiger partial charge in [-0.05, 0) is 30.3 Å². The fraction of sp³-hybridized carbons (Fsp3) is 0. The minimum Gasteiger partial charge on any atom is -0.455 e. The summed E-state index contributed by atoms with van der Waals surface area (Å²) in [5.41, 5.74) is 2.44. The van der Waals surface area contributed by atoms with E-state index in [1.807, 2.05) is 22.9 Å². The van der Waals surface area contributed by atoms with Crippen LogP contribution in [0.3, 0.4) is 0 Å². The van der Waals surface area contributed by atoms with Crippen LogP contribution in [-0.4, -0.2) is 30.4 Å². The van der Waals surface area contributed by atoms with Gasteiger partial charge >= 0.3 is 5.69 Å². The first-order valence-electron chi connectivity index (χ1n) is 9.40. The van der Waals surface area contributed by atoms with Crippen molar-refractivity contribution in [3.63, 3.8) is 0 Å². The van der Waals surface area contributed by atoms with E-state index in [1.54, 1.807) is 61.2 Å². The number of hydrogen-bond donors (Lipinski definition) is 3. The molecule has 0 aliphatic heterocycles. The molecule has 31 heavy (non-hydrogen) atoms. The maximum atomic E-state index is 12.8. The average Bonchev–Trinajstić information content (AvgIpc) is 3.44. The number of aromatic nitrogens is 5. The largest absolute Gasteiger partial charge is 0.455 e. The smallest absolute Gasteiger partial charge is 0.325 e. The Morgan fingerprint density at radius 3 is 2.81 bits per heavy atom. The maximum Gasteiger partial charge on any atom is 0.325 e. The van der Waals surface area contributed by atoms with E-state index < -0.39 is 0 Å². The first-order valence-corrected chi connectivity index (χ1v) is 9.40. The molecule has 0 spiro atoms. The molecule has 0 aliphatic carbocycles. The van der Waals surface area contributed by atoms with Crippen LogP contribution in [0.15, 0.2) is 84.3 Å². The lowest BCUT2D eigenvalue weighted by atomic mass is 10.1. The monoisotopic (exact) mass is 412 g/mol. The Morgan fingerprint density at radius 1 is 1.03 bits per heavy atom. The van der Waals surface area contributed by atoms with Crippen LogP contribution >= 0.6 is 0 Å². The summed E-state index contributed by atoms with van der Waals surface area (Å²) in [4.78, 5) is 37.7. The third-order valence-corrected chi connectivity index (χ3v) is 4.61. The average molecular weight is 412 g/mol. The molecule has 0 bridgehead atoms. The van der Waals surface area contributed by atoms with E-state index in [1.165, 1.54) is 0 Å². The molecule has 0 unspecified atom stereocenters. The summed E-state index contributed by atoms with van der Waals surface area (Å²) >= 11 is 0. The molecule has 0 saturated carbocycles. The second-order valence-electron chi connectivity index (χ2n) is 6.72. The van der Waals surface area contributed by atoms with Crippen molar-refractivity contribution in [1.29, 1.82) is 0 Å². The normalized spacial score (nSPS) is 10.8. The molecule has 0 radical (unpaired) electrons. The quantitative estimate of drug-likeness (QED) is 0.408. The molecule has 9 nitrogen and oxygen atoms in total. The third kappa shape index (κ3) is 3.79. The Kier molecular flexibility index (Phi) is 4.53. The highest BCUT2D eigenvalue weighted by molar-refractivity contribution is 6.04. The lowest BCUT2D eigenvalue weighted by Gasteiger charge is -2.10. The highest BCUT2D eigenvalue weighted by Gasteiger charge is 2.10. The van der Waals surface area contributed by atoms with Crippen LogP contribution in [-0.2, 0) is 0 Å². The molecule has 2 aromatic carbocycles. The number of pyridine rings is 1. The number of carbonyl (C=O) groups is 1. The number of anilines is 1. The Morgan fingerprint density at radius 2 is 1.94 bits per heavy atom. The van der Waals surface area contributed by atoms with E-state index in [4.69, 9.17) is 4.74 Å². The van der Waals surface area contributed by atoms with E-state index >= 15 is 0 Å². The molecule has 0 atom stereocenters. The van der Waals surface area contributed by atoms with Gasteiger partial charge in [-0.3, -0.25) is 9.78 Å². The van der Waals surface area contributed by atoms with Crippen LogP contribution in [0.5, 0.6) is 11.5 Å². The zero-order chi connectivity index (χ0) is 21.2. The van der Waals surface area contributed by atoms with E-state index in [0.717, 1.165) is 5.69 Å². The molecular weight excluding hydrogens is 396 g/mol. The summed E-state index contributed by atoms with van der Waals surface area (Å²) < 4.78 is 7.73. The summed E-state index contributed by atoms with van der Waals surface area (Å²) in [6.07, 6.45) is 6.70. The first-order chi connectivity index (χ1) is 15.2. The summed E-state index contributed by atoms with van der Waals surface area (Å²) in [5.74, 6) is 0.694. The molecular formula is C22H16N6O3. The Bertz CT molecular complexity index is 1440. The number of carbonyl (C=O) groups excluding carboxylic acids is 1. The standard InChI is InChI=1S/C22H16N6O3/c29-21(14-3-1-5-16(11-14)28-10-9-23-13-28)25-15-4-2-6-17(12-15)31-18-7-8-24-20-19(18)26-22(30)27-20/h1-13H,(H,25,29)(H2,24,26,27,30).